The monoisotopic (exact) mass is 331 g/mol. The fourth-order valence-electron chi connectivity index (χ4n) is 1.94. The molecule has 7 heteroatoms. The Labute approximate surface area is 138 Å². The first kappa shape index (κ1) is 17.3. The first-order valence-corrected chi connectivity index (χ1v) is 7.33. The molecule has 0 atom stereocenters. The summed E-state index contributed by atoms with van der Waals surface area (Å²) in [6, 6.07) is 12.3. The van der Waals surface area contributed by atoms with Gasteiger partial charge in [-0.05, 0) is 48.4 Å². The molecular formula is C17H18FN3O3. The first-order chi connectivity index (χ1) is 11.5. The molecule has 6 nitrogen and oxygen atoms in total. The molecular weight excluding hydrogens is 313 g/mol. The molecule has 4 N–H and O–H groups in total. The molecule has 0 bridgehead atoms. The Morgan fingerprint density at radius 2 is 1.71 bits per heavy atom. The van der Waals surface area contributed by atoms with Crippen molar-refractivity contribution < 1.29 is 18.7 Å². The molecule has 0 aliphatic rings. The summed E-state index contributed by atoms with van der Waals surface area (Å²) in [5.41, 5.74) is 6.51. The maximum atomic E-state index is 12.8. The summed E-state index contributed by atoms with van der Waals surface area (Å²) in [5, 5.41) is 5.38. The number of hydrogen-bond acceptors (Lipinski definition) is 3. The van der Waals surface area contributed by atoms with Gasteiger partial charge in [-0.25, -0.2) is 9.18 Å². The van der Waals surface area contributed by atoms with Crippen LogP contribution in [0.4, 0.5) is 14.9 Å². The predicted octanol–water partition coefficient (Wildman–Crippen LogP) is 2.05. The lowest BCUT2D eigenvalue weighted by molar-refractivity contribution is -0.119. The molecule has 2 aromatic carbocycles. The molecule has 0 saturated carbocycles. The van der Waals surface area contributed by atoms with E-state index in [0.29, 0.717) is 24.4 Å². The third-order valence-electron chi connectivity index (χ3n) is 3.11. The maximum absolute atomic E-state index is 12.8. The van der Waals surface area contributed by atoms with Gasteiger partial charge >= 0.3 is 6.03 Å². The van der Waals surface area contributed by atoms with Gasteiger partial charge in [0.2, 0.25) is 0 Å². The minimum Gasteiger partial charge on any atom is -0.484 e. The van der Waals surface area contributed by atoms with Crippen molar-refractivity contribution in [1.82, 2.24) is 5.32 Å². The van der Waals surface area contributed by atoms with Crippen LogP contribution in [0, 0.1) is 5.82 Å². The lowest BCUT2D eigenvalue weighted by Crippen LogP contribution is -2.30. The average Bonchev–Trinajstić information content (AvgIpc) is 2.56. The fourth-order valence-corrected chi connectivity index (χ4v) is 1.94. The highest BCUT2D eigenvalue weighted by atomic mass is 19.1. The Morgan fingerprint density at radius 1 is 1.04 bits per heavy atom. The Morgan fingerprint density at radius 3 is 2.33 bits per heavy atom. The standard InChI is InChI=1S/C17H18FN3O3/c18-13-3-1-12(2-4-13)9-10-20-17(23)21-14-5-7-15(8-6-14)24-11-16(19)22/h1-8H,9-11H2,(H2,19,22)(H2,20,21,23). The number of nitrogens with one attached hydrogen (secondary N) is 2. The van der Waals surface area contributed by atoms with Gasteiger partial charge in [0.15, 0.2) is 6.61 Å². The number of rotatable bonds is 7. The molecule has 0 spiro atoms. The smallest absolute Gasteiger partial charge is 0.319 e. The van der Waals surface area contributed by atoms with E-state index in [0.717, 1.165) is 5.56 Å². The normalized spacial score (nSPS) is 10.0. The molecule has 0 aliphatic heterocycles. The van der Waals surface area contributed by atoms with E-state index in [9.17, 15) is 14.0 Å². The molecule has 0 aromatic heterocycles. The molecule has 0 saturated heterocycles. The number of nitrogens with two attached hydrogens (primary N) is 1. The predicted molar refractivity (Wildman–Crippen MR) is 88.3 cm³/mol. The number of halogens is 1. The topological polar surface area (TPSA) is 93.5 Å². The van der Waals surface area contributed by atoms with Crippen molar-refractivity contribution in [2.24, 2.45) is 5.73 Å². The summed E-state index contributed by atoms with van der Waals surface area (Å²) >= 11 is 0. The van der Waals surface area contributed by atoms with Crippen LogP contribution in [-0.2, 0) is 11.2 Å². The Bertz CT molecular complexity index is 687. The molecule has 0 radical (unpaired) electrons. The highest BCUT2D eigenvalue weighted by Gasteiger charge is 2.03. The number of primary amides is 1. The number of carbonyl (C=O) groups is 2. The van der Waals surface area contributed by atoms with Crippen LogP contribution in [0.5, 0.6) is 5.75 Å². The van der Waals surface area contributed by atoms with Crippen LogP contribution in [0.1, 0.15) is 5.56 Å². The first-order valence-electron chi connectivity index (χ1n) is 7.33. The van der Waals surface area contributed by atoms with Crippen molar-refractivity contribution in [2.45, 2.75) is 6.42 Å². The zero-order chi connectivity index (χ0) is 17.4. The van der Waals surface area contributed by atoms with Crippen LogP contribution in [0.2, 0.25) is 0 Å². The van der Waals surface area contributed by atoms with Crippen LogP contribution >= 0.6 is 0 Å². The van der Waals surface area contributed by atoms with Gasteiger partial charge in [0, 0.05) is 12.2 Å². The van der Waals surface area contributed by atoms with Crippen LogP contribution in [0.3, 0.4) is 0 Å². The number of ether oxygens (including phenoxy) is 1. The molecule has 0 heterocycles. The summed E-state index contributed by atoms with van der Waals surface area (Å²) in [5.74, 6) is -0.360. The zero-order valence-electron chi connectivity index (χ0n) is 12.9. The van der Waals surface area contributed by atoms with E-state index in [1.165, 1.54) is 12.1 Å². The van der Waals surface area contributed by atoms with Crippen molar-refractivity contribution in [2.75, 3.05) is 18.5 Å². The summed E-state index contributed by atoms with van der Waals surface area (Å²) in [7, 11) is 0. The van der Waals surface area contributed by atoms with Crippen molar-refractivity contribution in [3.8, 4) is 5.75 Å². The minimum absolute atomic E-state index is 0.198. The van der Waals surface area contributed by atoms with Crippen molar-refractivity contribution in [3.63, 3.8) is 0 Å². The molecule has 3 amide bonds. The van der Waals surface area contributed by atoms with Crippen LogP contribution in [-0.4, -0.2) is 25.1 Å². The van der Waals surface area contributed by atoms with E-state index >= 15 is 0 Å². The van der Waals surface area contributed by atoms with Crippen molar-refractivity contribution >= 4 is 17.6 Å². The Hall–Kier alpha value is -3.09. The third kappa shape index (κ3) is 5.96. The van der Waals surface area contributed by atoms with E-state index in [2.05, 4.69) is 10.6 Å². The summed E-state index contributed by atoms with van der Waals surface area (Å²) in [6.45, 7) is 0.230. The van der Waals surface area contributed by atoms with Crippen LogP contribution in [0.15, 0.2) is 48.5 Å². The van der Waals surface area contributed by atoms with E-state index in [-0.39, 0.29) is 18.5 Å². The van der Waals surface area contributed by atoms with Gasteiger partial charge in [0.25, 0.3) is 5.91 Å². The number of carbonyl (C=O) groups excluding carboxylic acids is 2. The summed E-state index contributed by atoms with van der Waals surface area (Å²) < 4.78 is 17.9. The van der Waals surface area contributed by atoms with Crippen molar-refractivity contribution in [3.05, 3.63) is 59.9 Å². The van der Waals surface area contributed by atoms with E-state index in [1.54, 1.807) is 36.4 Å². The highest BCUT2D eigenvalue weighted by molar-refractivity contribution is 5.89. The van der Waals surface area contributed by atoms with Gasteiger partial charge in [-0.1, -0.05) is 12.1 Å². The molecule has 2 rings (SSSR count). The SMILES string of the molecule is NC(=O)COc1ccc(NC(=O)NCCc2ccc(F)cc2)cc1. The van der Waals surface area contributed by atoms with Gasteiger partial charge in [-0.3, -0.25) is 4.79 Å². The molecule has 2 aromatic rings. The van der Waals surface area contributed by atoms with Gasteiger partial charge in [0.05, 0.1) is 0 Å². The van der Waals surface area contributed by atoms with Gasteiger partial charge in [-0.2, -0.15) is 0 Å². The Kier molecular flexibility index (Phi) is 6.13. The zero-order valence-corrected chi connectivity index (χ0v) is 12.9. The summed E-state index contributed by atoms with van der Waals surface area (Å²) in [6.07, 6.45) is 0.605. The van der Waals surface area contributed by atoms with Crippen molar-refractivity contribution in [1.29, 1.82) is 0 Å². The second-order valence-electron chi connectivity index (χ2n) is 5.04. The largest absolute Gasteiger partial charge is 0.484 e. The number of anilines is 1. The number of hydrogen-bond donors (Lipinski definition) is 3. The van der Waals surface area contributed by atoms with Gasteiger partial charge in [0.1, 0.15) is 11.6 Å². The number of urea groups is 1. The molecule has 126 valence electrons. The lowest BCUT2D eigenvalue weighted by Gasteiger charge is -2.09. The van der Waals surface area contributed by atoms with Crippen LogP contribution < -0.4 is 21.1 Å². The van der Waals surface area contributed by atoms with Gasteiger partial charge < -0.3 is 21.1 Å². The Balaban J connectivity index is 1.73. The summed E-state index contributed by atoms with van der Waals surface area (Å²) in [4.78, 5) is 22.4. The lowest BCUT2D eigenvalue weighted by atomic mass is 10.1. The third-order valence-corrected chi connectivity index (χ3v) is 3.11. The van der Waals surface area contributed by atoms with E-state index in [4.69, 9.17) is 10.5 Å². The molecule has 0 unspecified atom stereocenters. The molecule has 0 aliphatic carbocycles. The van der Waals surface area contributed by atoms with Crippen LogP contribution in [0.25, 0.3) is 0 Å². The number of benzene rings is 2. The number of amides is 3. The molecule has 0 fully saturated rings. The fraction of sp³-hybridized carbons (Fsp3) is 0.176. The maximum Gasteiger partial charge on any atom is 0.319 e. The minimum atomic E-state index is -0.558. The second-order valence-corrected chi connectivity index (χ2v) is 5.04. The van der Waals surface area contributed by atoms with E-state index < -0.39 is 5.91 Å². The second kappa shape index (κ2) is 8.52. The average molecular weight is 331 g/mol. The van der Waals surface area contributed by atoms with Gasteiger partial charge in [-0.15, -0.1) is 0 Å². The molecule has 24 heavy (non-hydrogen) atoms. The highest BCUT2D eigenvalue weighted by Crippen LogP contribution is 2.15. The van der Waals surface area contributed by atoms with E-state index in [1.807, 2.05) is 0 Å². The quantitative estimate of drug-likeness (QED) is 0.725.